The fourth-order valence-electron chi connectivity index (χ4n) is 2.65. The number of pyridine rings is 1. The van der Waals surface area contributed by atoms with Crippen LogP contribution in [0.5, 0.6) is 5.88 Å². The van der Waals surface area contributed by atoms with E-state index in [1.807, 2.05) is 12.1 Å². The molecule has 1 aromatic rings. The lowest BCUT2D eigenvalue weighted by molar-refractivity contribution is 0.369. The smallest absolute Gasteiger partial charge is 0.213 e. The lowest BCUT2D eigenvalue weighted by Crippen LogP contribution is -2.38. The second-order valence-corrected chi connectivity index (χ2v) is 7.73. The Morgan fingerprint density at radius 3 is 2.95 bits per heavy atom. The summed E-state index contributed by atoms with van der Waals surface area (Å²) in [6.45, 7) is 0.708. The maximum absolute atomic E-state index is 11.6. The van der Waals surface area contributed by atoms with E-state index in [4.69, 9.17) is 4.74 Å². The van der Waals surface area contributed by atoms with Crippen LogP contribution in [0.1, 0.15) is 31.2 Å². The van der Waals surface area contributed by atoms with Gasteiger partial charge in [0.25, 0.3) is 0 Å². The number of methoxy groups -OCH3 is 1. The minimum absolute atomic E-state index is 0.194. The zero-order chi connectivity index (χ0) is 14.6. The molecule has 2 unspecified atom stereocenters. The summed E-state index contributed by atoms with van der Waals surface area (Å²) in [6, 6.07) is 4.10. The first-order valence-electron chi connectivity index (χ1n) is 6.90. The minimum Gasteiger partial charge on any atom is -0.481 e. The van der Waals surface area contributed by atoms with Gasteiger partial charge in [-0.05, 0) is 30.9 Å². The zero-order valence-electron chi connectivity index (χ0n) is 12.0. The molecule has 1 saturated carbocycles. The Labute approximate surface area is 120 Å². The van der Waals surface area contributed by atoms with Gasteiger partial charge in [0.05, 0.1) is 12.4 Å². The van der Waals surface area contributed by atoms with Crippen LogP contribution in [-0.4, -0.2) is 38.1 Å². The van der Waals surface area contributed by atoms with Crippen LogP contribution in [0.4, 0.5) is 0 Å². The van der Waals surface area contributed by atoms with Gasteiger partial charge in [0.1, 0.15) is 9.84 Å². The maximum Gasteiger partial charge on any atom is 0.213 e. The van der Waals surface area contributed by atoms with E-state index in [0.29, 0.717) is 18.8 Å². The first-order valence-corrected chi connectivity index (χ1v) is 8.85. The average molecular weight is 298 g/mol. The summed E-state index contributed by atoms with van der Waals surface area (Å²) in [4.78, 5) is 4.07. The van der Waals surface area contributed by atoms with Gasteiger partial charge in [-0.25, -0.2) is 13.4 Å². The fraction of sp³-hybridized carbons (Fsp3) is 0.643. The number of hydrogen-bond donors (Lipinski definition) is 1. The Morgan fingerprint density at radius 2 is 2.25 bits per heavy atom. The molecule has 0 spiro atoms. The predicted molar refractivity (Wildman–Crippen MR) is 78.5 cm³/mol. The molecule has 0 aliphatic heterocycles. The number of nitrogens with zero attached hydrogens (tertiary/aromatic N) is 1. The van der Waals surface area contributed by atoms with Crippen molar-refractivity contribution in [1.82, 2.24) is 10.3 Å². The Kier molecular flexibility index (Phi) is 4.99. The van der Waals surface area contributed by atoms with Gasteiger partial charge in [-0.1, -0.05) is 6.42 Å². The molecular formula is C14H22N2O3S. The summed E-state index contributed by atoms with van der Waals surface area (Å²) in [7, 11) is -1.33. The van der Waals surface area contributed by atoms with E-state index in [9.17, 15) is 8.42 Å². The molecule has 1 fully saturated rings. The molecule has 0 saturated heterocycles. The highest BCUT2D eigenvalue weighted by atomic mass is 32.2. The maximum atomic E-state index is 11.6. The Bertz CT molecular complexity index is 545. The van der Waals surface area contributed by atoms with E-state index in [0.717, 1.165) is 24.8 Å². The highest BCUT2D eigenvalue weighted by Gasteiger charge is 2.28. The molecule has 2 atom stereocenters. The van der Waals surface area contributed by atoms with Crippen LogP contribution in [0.2, 0.25) is 0 Å². The number of aromatic nitrogens is 1. The molecule has 1 aromatic heterocycles. The van der Waals surface area contributed by atoms with Crippen molar-refractivity contribution >= 4 is 9.84 Å². The van der Waals surface area contributed by atoms with Crippen LogP contribution in [0, 0.1) is 0 Å². The van der Waals surface area contributed by atoms with Gasteiger partial charge in [0.15, 0.2) is 0 Å². The molecule has 1 N–H and O–H groups in total. The van der Waals surface area contributed by atoms with Crippen molar-refractivity contribution in [3.05, 3.63) is 23.9 Å². The Hall–Kier alpha value is -1.14. The molecule has 6 heteroatoms. The normalized spacial score (nSPS) is 23.5. The molecule has 0 amide bonds. The second kappa shape index (κ2) is 6.54. The minimum atomic E-state index is -2.92. The lowest BCUT2D eigenvalue weighted by atomic mass is 9.95. The van der Waals surface area contributed by atoms with E-state index in [1.54, 1.807) is 13.3 Å². The average Bonchev–Trinajstić information content (AvgIpc) is 2.45. The molecular weight excluding hydrogens is 276 g/mol. The molecule has 2 rings (SSSR count). The van der Waals surface area contributed by atoms with Crippen LogP contribution in [0.25, 0.3) is 0 Å². The topological polar surface area (TPSA) is 68.3 Å². The predicted octanol–water partition coefficient (Wildman–Crippen LogP) is 1.54. The van der Waals surface area contributed by atoms with Gasteiger partial charge in [0.2, 0.25) is 5.88 Å². The first-order chi connectivity index (χ1) is 9.49. The largest absolute Gasteiger partial charge is 0.481 e. The second-order valence-electron chi connectivity index (χ2n) is 5.40. The summed E-state index contributed by atoms with van der Waals surface area (Å²) in [5, 5.41) is 3.25. The molecule has 1 aliphatic rings. The number of sulfone groups is 1. The van der Waals surface area contributed by atoms with E-state index in [2.05, 4.69) is 10.3 Å². The number of rotatable bonds is 5. The van der Waals surface area contributed by atoms with Gasteiger partial charge in [-0.15, -0.1) is 0 Å². The van der Waals surface area contributed by atoms with Gasteiger partial charge >= 0.3 is 0 Å². The quantitative estimate of drug-likeness (QED) is 0.893. The Morgan fingerprint density at radius 1 is 1.45 bits per heavy atom. The lowest BCUT2D eigenvalue weighted by Gasteiger charge is -2.28. The van der Waals surface area contributed by atoms with Gasteiger partial charge < -0.3 is 10.1 Å². The van der Waals surface area contributed by atoms with E-state index < -0.39 is 9.84 Å². The van der Waals surface area contributed by atoms with Gasteiger partial charge in [-0.3, -0.25) is 0 Å². The molecule has 1 heterocycles. The monoisotopic (exact) mass is 298 g/mol. The van der Waals surface area contributed by atoms with Gasteiger partial charge in [-0.2, -0.15) is 0 Å². The highest BCUT2D eigenvalue weighted by Crippen LogP contribution is 2.24. The summed E-state index contributed by atoms with van der Waals surface area (Å²) in [5.41, 5.74) is 1.10. The number of ether oxygens (including phenoxy) is 1. The molecule has 20 heavy (non-hydrogen) atoms. The van der Waals surface area contributed by atoms with Crippen molar-refractivity contribution in [1.29, 1.82) is 0 Å². The molecule has 1 aliphatic carbocycles. The zero-order valence-corrected chi connectivity index (χ0v) is 12.8. The Balaban J connectivity index is 1.90. The molecule has 112 valence electrons. The fourth-order valence-corrected chi connectivity index (χ4v) is 3.83. The van der Waals surface area contributed by atoms with Crippen LogP contribution in [-0.2, 0) is 16.4 Å². The van der Waals surface area contributed by atoms with Crippen molar-refractivity contribution in [3.8, 4) is 5.88 Å². The molecule has 0 aromatic carbocycles. The number of nitrogens with one attached hydrogen (secondary N) is 1. The van der Waals surface area contributed by atoms with Crippen molar-refractivity contribution in [2.45, 2.75) is 43.5 Å². The van der Waals surface area contributed by atoms with Crippen molar-refractivity contribution in [3.63, 3.8) is 0 Å². The third-order valence-electron chi connectivity index (χ3n) is 3.83. The SMILES string of the molecule is COc1cc(CNC2CCCC(S(C)(=O)=O)C2)ccn1. The van der Waals surface area contributed by atoms with Crippen molar-refractivity contribution in [2.75, 3.05) is 13.4 Å². The summed E-state index contributed by atoms with van der Waals surface area (Å²) >= 11 is 0. The molecule has 5 nitrogen and oxygen atoms in total. The van der Waals surface area contributed by atoms with Crippen molar-refractivity contribution < 1.29 is 13.2 Å². The summed E-state index contributed by atoms with van der Waals surface area (Å²) in [5.74, 6) is 0.599. The van der Waals surface area contributed by atoms with Crippen molar-refractivity contribution in [2.24, 2.45) is 0 Å². The van der Waals surface area contributed by atoms with Gasteiger partial charge in [0, 0.05) is 31.1 Å². The molecule has 0 bridgehead atoms. The van der Waals surface area contributed by atoms with E-state index in [-0.39, 0.29) is 11.3 Å². The van der Waals surface area contributed by atoms with Crippen LogP contribution >= 0.6 is 0 Å². The van der Waals surface area contributed by atoms with Crippen LogP contribution in [0.3, 0.4) is 0 Å². The van der Waals surface area contributed by atoms with Crippen LogP contribution < -0.4 is 10.1 Å². The number of hydrogen-bond acceptors (Lipinski definition) is 5. The summed E-state index contributed by atoms with van der Waals surface area (Å²) in [6.07, 6.45) is 6.56. The highest BCUT2D eigenvalue weighted by molar-refractivity contribution is 7.91. The summed E-state index contributed by atoms with van der Waals surface area (Å²) < 4.78 is 28.4. The third-order valence-corrected chi connectivity index (χ3v) is 5.47. The van der Waals surface area contributed by atoms with E-state index >= 15 is 0 Å². The third kappa shape index (κ3) is 4.18. The van der Waals surface area contributed by atoms with E-state index in [1.165, 1.54) is 6.26 Å². The first kappa shape index (κ1) is 15.3. The molecule has 0 radical (unpaired) electrons. The standard InChI is InChI=1S/C14H22N2O3S/c1-19-14-8-11(6-7-15-14)10-16-12-4-3-5-13(9-12)20(2,17)18/h6-8,12-13,16H,3-5,9-10H2,1-2H3. The van der Waals surface area contributed by atoms with Crippen LogP contribution in [0.15, 0.2) is 18.3 Å².